The van der Waals surface area contributed by atoms with Crippen molar-refractivity contribution in [1.82, 2.24) is 0 Å². The number of hydrogen-bond donors (Lipinski definition) is 1. The molecule has 4 heteroatoms. The van der Waals surface area contributed by atoms with Gasteiger partial charge >= 0.3 is 0 Å². The lowest BCUT2D eigenvalue weighted by atomic mass is 10.00. The van der Waals surface area contributed by atoms with Gasteiger partial charge in [0, 0.05) is 23.1 Å². The van der Waals surface area contributed by atoms with Crippen molar-refractivity contribution in [2.24, 2.45) is 0 Å². The normalized spacial score (nSPS) is 17.0. The molecule has 1 N–H and O–H groups in total. The summed E-state index contributed by atoms with van der Waals surface area (Å²) in [5.41, 5.74) is 0.140. The molecule has 27 heavy (non-hydrogen) atoms. The first-order valence-corrected chi connectivity index (χ1v) is 10.2. The molecule has 3 rings (SSSR count). The molecule has 1 fully saturated rings. The first-order valence-electron chi connectivity index (χ1n) is 10.2. The van der Waals surface area contributed by atoms with Gasteiger partial charge in [-0.3, -0.25) is 4.79 Å². The standard InChI is InChI=1S/C23H31NO3/c1-4-16-26-23(14-8-9-15-23)22(25)24-20-12-13-21(27-17(3)5-2)19-11-7-6-10-18(19)20/h6-7,10-13,17H,4-5,8-9,14-16H2,1-3H3,(H,24,25). The Morgan fingerprint density at radius 1 is 1.11 bits per heavy atom. The van der Waals surface area contributed by atoms with Gasteiger partial charge in [0.2, 0.25) is 0 Å². The molecule has 0 aromatic heterocycles. The van der Waals surface area contributed by atoms with Gasteiger partial charge < -0.3 is 14.8 Å². The van der Waals surface area contributed by atoms with Crippen LogP contribution in [0.4, 0.5) is 5.69 Å². The first kappa shape index (κ1) is 19.7. The Kier molecular flexibility index (Phi) is 6.38. The molecular weight excluding hydrogens is 338 g/mol. The summed E-state index contributed by atoms with van der Waals surface area (Å²) in [6, 6.07) is 12.0. The maximum absolute atomic E-state index is 13.1. The van der Waals surface area contributed by atoms with E-state index in [-0.39, 0.29) is 12.0 Å². The van der Waals surface area contributed by atoms with Gasteiger partial charge in [0.1, 0.15) is 11.4 Å². The van der Waals surface area contributed by atoms with Crippen LogP contribution < -0.4 is 10.1 Å². The molecule has 2 aromatic carbocycles. The highest BCUT2D eigenvalue weighted by Gasteiger charge is 2.42. The molecule has 1 unspecified atom stereocenters. The molecule has 0 bridgehead atoms. The third-order valence-electron chi connectivity index (χ3n) is 5.44. The van der Waals surface area contributed by atoms with Crippen LogP contribution in [0.1, 0.15) is 59.3 Å². The van der Waals surface area contributed by atoms with E-state index in [0.29, 0.717) is 6.61 Å². The number of carbonyl (C=O) groups is 1. The van der Waals surface area contributed by atoms with Crippen molar-refractivity contribution in [2.45, 2.75) is 71.0 Å². The van der Waals surface area contributed by atoms with E-state index in [0.717, 1.165) is 60.7 Å². The summed E-state index contributed by atoms with van der Waals surface area (Å²) in [5.74, 6) is 0.838. The second kappa shape index (κ2) is 8.75. The Balaban J connectivity index is 1.88. The Bertz CT molecular complexity index is 780. The SMILES string of the molecule is CCCOC1(C(=O)Nc2ccc(OC(C)CC)c3ccccc23)CCCC1. The summed E-state index contributed by atoms with van der Waals surface area (Å²) in [4.78, 5) is 13.1. The Hall–Kier alpha value is -2.07. The molecular formula is C23H31NO3. The van der Waals surface area contributed by atoms with Crippen LogP contribution in [0.3, 0.4) is 0 Å². The molecule has 1 aliphatic rings. The Morgan fingerprint density at radius 2 is 1.81 bits per heavy atom. The summed E-state index contributed by atoms with van der Waals surface area (Å²) in [5, 5.41) is 5.17. The van der Waals surface area contributed by atoms with Gasteiger partial charge in [0.05, 0.1) is 6.10 Å². The fraction of sp³-hybridized carbons (Fsp3) is 0.522. The molecule has 1 aliphatic carbocycles. The molecule has 0 radical (unpaired) electrons. The number of hydrogen-bond acceptors (Lipinski definition) is 3. The van der Waals surface area contributed by atoms with Crippen LogP contribution in [0.25, 0.3) is 10.8 Å². The van der Waals surface area contributed by atoms with Crippen LogP contribution in [0.5, 0.6) is 5.75 Å². The van der Waals surface area contributed by atoms with Crippen molar-refractivity contribution in [1.29, 1.82) is 0 Å². The van der Waals surface area contributed by atoms with Crippen LogP contribution in [0.15, 0.2) is 36.4 Å². The summed E-state index contributed by atoms with van der Waals surface area (Å²) < 4.78 is 12.1. The topological polar surface area (TPSA) is 47.6 Å². The highest BCUT2D eigenvalue weighted by molar-refractivity contribution is 6.06. The van der Waals surface area contributed by atoms with Gasteiger partial charge in [-0.05, 0) is 57.6 Å². The quantitative estimate of drug-likeness (QED) is 0.650. The summed E-state index contributed by atoms with van der Waals surface area (Å²) in [7, 11) is 0. The average Bonchev–Trinajstić information content (AvgIpc) is 3.18. The number of rotatable bonds is 8. The average molecular weight is 370 g/mol. The molecule has 0 saturated heterocycles. The highest BCUT2D eigenvalue weighted by atomic mass is 16.5. The van der Waals surface area contributed by atoms with Gasteiger partial charge in [-0.15, -0.1) is 0 Å². The molecule has 0 heterocycles. The van der Waals surface area contributed by atoms with Crippen molar-refractivity contribution in [2.75, 3.05) is 11.9 Å². The fourth-order valence-electron chi connectivity index (χ4n) is 3.70. The summed E-state index contributed by atoms with van der Waals surface area (Å²) >= 11 is 0. The van der Waals surface area contributed by atoms with E-state index in [1.807, 2.05) is 36.4 Å². The van der Waals surface area contributed by atoms with Crippen molar-refractivity contribution in [3.8, 4) is 5.75 Å². The lowest BCUT2D eigenvalue weighted by Gasteiger charge is -2.28. The van der Waals surface area contributed by atoms with E-state index >= 15 is 0 Å². The predicted molar refractivity (Wildman–Crippen MR) is 110 cm³/mol. The molecule has 1 atom stereocenters. The fourth-order valence-corrected chi connectivity index (χ4v) is 3.70. The molecule has 4 nitrogen and oxygen atoms in total. The maximum Gasteiger partial charge on any atom is 0.256 e. The van der Waals surface area contributed by atoms with E-state index in [1.165, 1.54) is 0 Å². The van der Waals surface area contributed by atoms with Gasteiger partial charge in [-0.25, -0.2) is 0 Å². The van der Waals surface area contributed by atoms with E-state index in [9.17, 15) is 4.79 Å². The lowest BCUT2D eigenvalue weighted by molar-refractivity contribution is -0.140. The summed E-state index contributed by atoms with van der Waals surface area (Å²) in [6.45, 7) is 6.87. The predicted octanol–water partition coefficient (Wildman–Crippen LogP) is 5.70. The zero-order valence-electron chi connectivity index (χ0n) is 16.7. The monoisotopic (exact) mass is 369 g/mol. The molecule has 0 spiro atoms. The lowest BCUT2D eigenvalue weighted by Crippen LogP contribution is -2.43. The maximum atomic E-state index is 13.1. The zero-order valence-corrected chi connectivity index (χ0v) is 16.7. The first-order chi connectivity index (χ1) is 13.1. The van der Waals surface area contributed by atoms with E-state index in [1.54, 1.807) is 0 Å². The van der Waals surface area contributed by atoms with Crippen LogP contribution in [0.2, 0.25) is 0 Å². The molecule has 0 aliphatic heterocycles. The minimum absolute atomic E-state index is 0.0193. The van der Waals surface area contributed by atoms with Crippen LogP contribution in [-0.2, 0) is 9.53 Å². The molecule has 1 amide bonds. The van der Waals surface area contributed by atoms with Crippen molar-refractivity contribution in [3.05, 3.63) is 36.4 Å². The van der Waals surface area contributed by atoms with E-state index in [2.05, 4.69) is 26.1 Å². The molecule has 2 aromatic rings. The van der Waals surface area contributed by atoms with E-state index in [4.69, 9.17) is 9.47 Å². The number of carbonyl (C=O) groups excluding carboxylic acids is 1. The van der Waals surface area contributed by atoms with Gasteiger partial charge in [0.15, 0.2) is 0 Å². The zero-order chi connectivity index (χ0) is 19.3. The Labute approximate surface area is 162 Å². The minimum atomic E-state index is -0.678. The van der Waals surface area contributed by atoms with Crippen LogP contribution in [0, 0.1) is 0 Å². The summed E-state index contributed by atoms with van der Waals surface area (Å²) in [6.07, 6.45) is 5.69. The van der Waals surface area contributed by atoms with Crippen LogP contribution >= 0.6 is 0 Å². The number of benzene rings is 2. The smallest absolute Gasteiger partial charge is 0.256 e. The van der Waals surface area contributed by atoms with Crippen molar-refractivity contribution in [3.63, 3.8) is 0 Å². The number of nitrogens with one attached hydrogen (secondary N) is 1. The third kappa shape index (κ3) is 4.27. The molecule has 146 valence electrons. The number of amides is 1. The van der Waals surface area contributed by atoms with E-state index < -0.39 is 5.60 Å². The number of fused-ring (bicyclic) bond motifs is 1. The second-order valence-corrected chi connectivity index (χ2v) is 7.50. The molecule has 1 saturated carbocycles. The van der Waals surface area contributed by atoms with Gasteiger partial charge in [-0.1, -0.05) is 38.1 Å². The Morgan fingerprint density at radius 3 is 2.48 bits per heavy atom. The second-order valence-electron chi connectivity index (χ2n) is 7.50. The number of ether oxygens (including phenoxy) is 2. The van der Waals surface area contributed by atoms with Crippen molar-refractivity contribution < 1.29 is 14.3 Å². The van der Waals surface area contributed by atoms with Crippen LogP contribution in [-0.4, -0.2) is 24.2 Å². The number of anilines is 1. The third-order valence-corrected chi connectivity index (χ3v) is 5.44. The minimum Gasteiger partial charge on any atom is -0.490 e. The van der Waals surface area contributed by atoms with Gasteiger partial charge in [-0.2, -0.15) is 0 Å². The van der Waals surface area contributed by atoms with Gasteiger partial charge in [0.25, 0.3) is 5.91 Å². The van der Waals surface area contributed by atoms with Crippen molar-refractivity contribution >= 4 is 22.4 Å². The largest absolute Gasteiger partial charge is 0.490 e. The highest BCUT2D eigenvalue weighted by Crippen LogP contribution is 2.37.